The lowest BCUT2D eigenvalue weighted by Crippen LogP contribution is -2.45. The van der Waals surface area contributed by atoms with E-state index in [0.29, 0.717) is 19.5 Å². The molecular formula is C17H26N4O3S. The Kier molecular flexibility index (Phi) is 6.25. The Morgan fingerprint density at radius 3 is 2.92 bits per heavy atom. The Labute approximate surface area is 152 Å². The minimum Gasteiger partial charge on any atom is -0.378 e. The number of rotatable bonds is 5. The molecule has 0 bridgehead atoms. The maximum atomic E-state index is 12.4. The lowest BCUT2D eigenvalue weighted by Gasteiger charge is -2.31. The van der Waals surface area contributed by atoms with Crippen LogP contribution in [-0.2, 0) is 20.9 Å². The van der Waals surface area contributed by atoms with Gasteiger partial charge in [-0.2, -0.15) is 0 Å². The van der Waals surface area contributed by atoms with Crippen molar-refractivity contribution >= 4 is 28.3 Å². The summed E-state index contributed by atoms with van der Waals surface area (Å²) in [6.45, 7) is 6.81. The minimum atomic E-state index is -0.110. The van der Waals surface area contributed by atoms with Gasteiger partial charge >= 0.3 is 0 Å². The van der Waals surface area contributed by atoms with Gasteiger partial charge in [-0.15, -0.1) is 11.3 Å². The Morgan fingerprint density at radius 2 is 2.16 bits per heavy atom. The number of aromatic nitrogens is 1. The third-order valence-corrected chi connectivity index (χ3v) is 5.66. The van der Waals surface area contributed by atoms with Gasteiger partial charge in [-0.25, -0.2) is 4.98 Å². The molecule has 0 radical (unpaired) electrons. The zero-order valence-electron chi connectivity index (χ0n) is 14.7. The Balaban J connectivity index is 1.48. The number of nitrogens with one attached hydrogen (secondary N) is 1. The van der Waals surface area contributed by atoms with Crippen LogP contribution in [0.5, 0.6) is 0 Å². The molecule has 1 N–H and O–H groups in total. The normalized spacial score (nSPS) is 21.2. The average molecular weight is 366 g/mol. The first-order valence-corrected chi connectivity index (χ1v) is 9.88. The number of morpholine rings is 1. The summed E-state index contributed by atoms with van der Waals surface area (Å²) in [5.41, 5.74) is 0.886. The number of thiazole rings is 1. The Morgan fingerprint density at radius 1 is 1.36 bits per heavy atom. The van der Waals surface area contributed by atoms with Crippen LogP contribution in [0, 0.1) is 5.92 Å². The van der Waals surface area contributed by atoms with Gasteiger partial charge in [0.25, 0.3) is 0 Å². The molecule has 2 amide bonds. The van der Waals surface area contributed by atoms with Crippen molar-refractivity contribution in [2.75, 3.05) is 44.3 Å². The minimum absolute atomic E-state index is 0.0227. The zero-order valence-corrected chi connectivity index (χ0v) is 15.5. The molecule has 1 aromatic heterocycles. The summed E-state index contributed by atoms with van der Waals surface area (Å²) >= 11 is 1.61. The van der Waals surface area contributed by atoms with Crippen LogP contribution in [0.3, 0.4) is 0 Å². The summed E-state index contributed by atoms with van der Waals surface area (Å²) in [4.78, 5) is 32.9. The lowest BCUT2D eigenvalue weighted by atomic mass is 9.97. The second-order valence-corrected chi connectivity index (χ2v) is 7.31. The van der Waals surface area contributed by atoms with Gasteiger partial charge in [0.05, 0.1) is 31.4 Å². The summed E-state index contributed by atoms with van der Waals surface area (Å²) in [7, 11) is 0. The summed E-state index contributed by atoms with van der Waals surface area (Å²) in [6.07, 6.45) is 2.23. The topological polar surface area (TPSA) is 74.8 Å². The molecule has 8 heteroatoms. The summed E-state index contributed by atoms with van der Waals surface area (Å²) in [5.74, 6) is 0.0447. The summed E-state index contributed by atoms with van der Waals surface area (Å²) in [6, 6.07) is 0. The molecule has 7 nitrogen and oxygen atoms in total. The van der Waals surface area contributed by atoms with Crippen LogP contribution in [0.2, 0.25) is 0 Å². The molecule has 0 aliphatic carbocycles. The van der Waals surface area contributed by atoms with E-state index in [1.165, 1.54) is 0 Å². The van der Waals surface area contributed by atoms with Crippen LogP contribution in [0.15, 0.2) is 5.38 Å². The van der Waals surface area contributed by atoms with Gasteiger partial charge in [0.2, 0.25) is 11.8 Å². The Bertz CT molecular complexity index is 600. The molecule has 2 aliphatic heterocycles. The van der Waals surface area contributed by atoms with Crippen molar-refractivity contribution in [3.8, 4) is 0 Å². The third kappa shape index (κ3) is 4.70. The lowest BCUT2D eigenvalue weighted by molar-refractivity contribution is -0.135. The van der Waals surface area contributed by atoms with E-state index in [4.69, 9.17) is 4.74 Å². The number of likely N-dealkylation sites (tertiary alicyclic amines) is 1. The summed E-state index contributed by atoms with van der Waals surface area (Å²) < 4.78 is 5.36. The van der Waals surface area contributed by atoms with Crippen molar-refractivity contribution in [3.05, 3.63) is 11.1 Å². The van der Waals surface area contributed by atoms with E-state index >= 15 is 0 Å². The number of anilines is 1. The van der Waals surface area contributed by atoms with E-state index in [1.54, 1.807) is 11.3 Å². The molecule has 25 heavy (non-hydrogen) atoms. The second kappa shape index (κ2) is 8.62. The van der Waals surface area contributed by atoms with E-state index in [1.807, 2.05) is 17.2 Å². The van der Waals surface area contributed by atoms with E-state index in [2.05, 4.69) is 15.2 Å². The molecule has 0 saturated carbocycles. The molecule has 2 saturated heterocycles. The number of carbonyl (C=O) groups is 2. The highest BCUT2D eigenvalue weighted by Gasteiger charge is 2.27. The number of ether oxygens (including phenoxy) is 1. The highest BCUT2D eigenvalue weighted by atomic mass is 32.1. The van der Waals surface area contributed by atoms with Crippen LogP contribution >= 0.6 is 11.3 Å². The summed E-state index contributed by atoms with van der Waals surface area (Å²) in [5, 5.41) is 5.98. The molecule has 3 rings (SSSR count). The number of piperidine rings is 1. The molecule has 1 atom stereocenters. The van der Waals surface area contributed by atoms with Crippen LogP contribution in [0.4, 0.5) is 5.13 Å². The molecule has 2 aliphatic rings. The van der Waals surface area contributed by atoms with Crippen molar-refractivity contribution in [1.29, 1.82) is 0 Å². The molecule has 1 aromatic rings. The van der Waals surface area contributed by atoms with Crippen LogP contribution in [0.1, 0.15) is 31.9 Å². The van der Waals surface area contributed by atoms with Gasteiger partial charge in [0.1, 0.15) is 0 Å². The average Bonchev–Trinajstić information content (AvgIpc) is 3.15. The maximum Gasteiger partial charge on any atom is 0.225 e. The largest absolute Gasteiger partial charge is 0.378 e. The smallest absolute Gasteiger partial charge is 0.225 e. The van der Waals surface area contributed by atoms with Gasteiger partial charge in [-0.05, 0) is 12.8 Å². The number of nitrogens with zero attached hydrogens (tertiary/aromatic N) is 3. The van der Waals surface area contributed by atoms with Crippen molar-refractivity contribution in [3.63, 3.8) is 0 Å². The first-order chi connectivity index (χ1) is 12.2. The van der Waals surface area contributed by atoms with E-state index < -0.39 is 0 Å². The van der Waals surface area contributed by atoms with Gasteiger partial charge in [0.15, 0.2) is 5.13 Å². The first kappa shape index (κ1) is 18.1. The second-order valence-electron chi connectivity index (χ2n) is 6.47. The van der Waals surface area contributed by atoms with E-state index in [9.17, 15) is 9.59 Å². The fraction of sp³-hybridized carbons (Fsp3) is 0.706. The molecule has 138 valence electrons. The molecule has 2 fully saturated rings. The quantitative estimate of drug-likeness (QED) is 0.849. The highest BCUT2D eigenvalue weighted by Crippen LogP contribution is 2.22. The van der Waals surface area contributed by atoms with Gasteiger partial charge in [-0.3, -0.25) is 9.59 Å². The van der Waals surface area contributed by atoms with Crippen molar-refractivity contribution < 1.29 is 14.3 Å². The van der Waals surface area contributed by atoms with Gasteiger partial charge < -0.3 is 19.9 Å². The zero-order chi connectivity index (χ0) is 17.6. The fourth-order valence-corrected chi connectivity index (χ4v) is 4.12. The van der Waals surface area contributed by atoms with Crippen LogP contribution < -0.4 is 10.2 Å². The maximum absolute atomic E-state index is 12.4. The van der Waals surface area contributed by atoms with Crippen LogP contribution in [-0.4, -0.2) is 61.1 Å². The predicted molar refractivity (Wildman–Crippen MR) is 96.6 cm³/mol. The molecule has 3 heterocycles. The Hall–Kier alpha value is -1.67. The van der Waals surface area contributed by atoms with E-state index in [-0.39, 0.29) is 17.7 Å². The first-order valence-electron chi connectivity index (χ1n) is 9.00. The number of amides is 2. The van der Waals surface area contributed by atoms with Crippen LogP contribution in [0.25, 0.3) is 0 Å². The molecule has 1 unspecified atom stereocenters. The fourth-order valence-electron chi connectivity index (χ4n) is 3.24. The standard InChI is InChI=1S/C17H26N4O3S/c1-2-15(22)21-5-3-4-13(11-21)16(23)18-10-14-12-25-17(19-14)20-6-8-24-9-7-20/h12-13H,2-11H2,1H3,(H,18,23). The monoisotopic (exact) mass is 366 g/mol. The number of carbonyl (C=O) groups excluding carboxylic acids is 2. The molecular weight excluding hydrogens is 340 g/mol. The molecule has 0 aromatic carbocycles. The SMILES string of the molecule is CCC(=O)N1CCCC(C(=O)NCc2csc(N3CCOCC3)n2)C1. The van der Waals surface area contributed by atoms with Crippen molar-refractivity contribution in [2.45, 2.75) is 32.7 Å². The predicted octanol–water partition coefficient (Wildman–Crippen LogP) is 1.24. The van der Waals surface area contributed by atoms with Gasteiger partial charge in [-0.1, -0.05) is 6.92 Å². The van der Waals surface area contributed by atoms with Gasteiger partial charge in [0, 0.05) is 38.0 Å². The van der Waals surface area contributed by atoms with Crippen molar-refractivity contribution in [1.82, 2.24) is 15.2 Å². The number of hydrogen-bond acceptors (Lipinski definition) is 6. The molecule has 0 spiro atoms. The highest BCUT2D eigenvalue weighted by molar-refractivity contribution is 7.13. The number of hydrogen-bond donors (Lipinski definition) is 1. The van der Waals surface area contributed by atoms with E-state index in [0.717, 1.165) is 56.5 Å². The van der Waals surface area contributed by atoms with Crippen molar-refractivity contribution in [2.24, 2.45) is 5.92 Å². The third-order valence-electron chi connectivity index (χ3n) is 4.71.